The monoisotopic (exact) mass is 449 g/mol. The summed E-state index contributed by atoms with van der Waals surface area (Å²) in [5.74, 6) is 0.801. The number of halogens is 3. The number of ether oxygens (including phenoxy) is 1. The summed E-state index contributed by atoms with van der Waals surface area (Å²) in [5.41, 5.74) is 5.18. The molecule has 0 fully saturated rings. The van der Waals surface area contributed by atoms with Gasteiger partial charge in [-0.3, -0.25) is 0 Å². The standard InChI is InChI=1S/C24H30F3N3O2/c1-4-20(8-10-24(25,26)27)30-23(31)29-15(2)16-6-5-7-17(12-16)19-13-18-9-11-28-22(18)21(14-19)32-3/h5-7,12-15,20,28H,4,8-11H2,1-3H3,(H2,29,30,31). The Bertz CT molecular complexity index is 947. The second-order valence-corrected chi connectivity index (χ2v) is 8.11. The van der Waals surface area contributed by atoms with Crippen molar-refractivity contribution in [3.63, 3.8) is 0 Å². The average molecular weight is 450 g/mol. The van der Waals surface area contributed by atoms with E-state index in [0.29, 0.717) is 6.42 Å². The van der Waals surface area contributed by atoms with Gasteiger partial charge < -0.3 is 20.7 Å². The Morgan fingerprint density at radius 3 is 2.66 bits per heavy atom. The summed E-state index contributed by atoms with van der Waals surface area (Å²) in [4.78, 5) is 12.4. The van der Waals surface area contributed by atoms with Crippen LogP contribution >= 0.6 is 0 Å². The number of urea groups is 1. The molecule has 5 nitrogen and oxygen atoms in total. The van der Waals surface area contributed by atoms with E-state index in [9.17, 15) is 18.0 Å². The lowest BCUT2D eigenvalue weighted by molar-refractivity contribution is -0.136. The number of nitrogens with one attached hydrogen (secondary N) is 3. The lowest BCUT2D eigenvalue weighted by Gasteiger charge is -2.21. The van der Waals surface area contributed by atoms with Crippen molar-refractivity contribution >= 4 is 11.7 Å². The van der Waals surface area contributed by atoms with Crippen molar-refractivity contribution in [2.45, 2.75) is 57.8 Å². The molecule has 32 heavy (non-hydrogen) atoms. The van der Waals surface area contributed by atoms with Crippen LogP contribution in [-0.4, -0.2) is 31.9 Å². The Kier molecular flexibility index (Phi) is 7.53. The summed E-state index contributed by atoms with van der Waals surface area (Å²) in [5, 5.41) is 8.84. The van der Waals surface area contributed by atoms with Crippen LogP contribution in [0.2, 0.25) is 0 Å². The molecule has 2 amide bonds. The fraction of sp³-hybridized carbons (Fsp3) is 0.458. The van der Waals surface area contributed by atoms with Gasteiger partial charge in [-0.25, -0.2) is 4.79 Å². The van der Waals surface area contributed by atoms with E-state index < -0.39 is 24.7 Å². The molecule has 174 valence electrons. The third-order valence-corrected chi connectivity index (χ3v) is 5.77. The summed E-state index contributed by atoms with van der Waals surface area (Å²) >= 11 is 0. The van der Waals surface area contributed by atoms with Gasteiger partial charge in [0.25, 0.3) is 0 Å². The highest BCUT2D eigenvalue weighted by Gasteiger charge is 2.28. The number of benzene rings is 2. The van der Waals surface area contributed by atoms with Gasteiger partial charge in [0.2, 0.25) is 0 Å². The summed E-state index contributed by atoms with van der Waals surface area (Å²) in [6.07, 6.45) is -3.91. The number of carbonyl (C=O) groups is 1. The molecule has 3 rings (SSSR count). The normalized spacial score (nSPS) is 14.8. The Labute approximate surface area is 186 Å². The molecule has 0 spiro atoms. The summed E-state index contributed by atoms with van der Waals surface area (Å²) in [6.45, 7) is 4.49. The van der Waals surface area contributed by atoms with Crippen LogP contribution in [0.3, 0.4) is 0 Å². The number of hydrogen-bond acceptors (Lipinski definition) is 3. The Hall–Kier alpha value is -2.90. The van der Waals surface area contributed by atoms with E-state index in [1.807, 2.05) is 37.3 Å². The minimum Gasteiger partial charge on any atom is -0.495 e. The van der Waals surface area contributed by atoms with Crippen molar-refractivity contribution in [1.82, 2.24) is 10.6 Å². The summed E-state index contributed by atoms with van der Waals surface area (Å²) in [6, 6.07) is 10.7. The Morgan fingerprint density at radius 2 is 1.97 bits per heavy atom. The van der Waals surface area contributed by atoms with Crippen LogP contribution in [0.4, 0.5) is 23.7 Å². The molecule has 0 saturated heterocycles. The molecule has 2 aromatic carbocycles. The number of hydrogen-bond donors (Lipinski definition) is 3. The minimum atomic E-state index is -4.23. The van der Waals surface area contributed by atoms with Crippen molar-refractivity contribution in [3.8, 4) is 16.9 Å². The van der Waals surface area contributed by atoms with Crippen LogP contribution < -0.4 is 20.7 Å². The maximum absolute atomic E-state index is 12.5. The quantitative estimate of drug-likeness (QED) is 0.477. The number of carbonyl (C=O) groups excluding carboxylic acids is 1. The third-order valence-electron chi connectivity index (χ3n) is 5.77. The van der Waals surface area contributed by atoms with E-state index >= 15 is 0 Å². The van der Waals surface area contributed by atoms with E-state index in [-0.39, 0.29) is 12.5 Å². The van der Waals surface area contributed by atoms with Crippen LogP contribution in [0.25, 0.3) is 11.1 Å². The van der Waals surface area contributed by atoms with Gasteiger partial charge >= 0.3 is 12.2 Å². The van der Waals surface area contributed by atoms with Crippen molar-refractivity contribution < 1.29 is 22.7 Å². The molecule has 2 atom stereocenters. The second-order valence-electron chi connectivity index (χ2n) is 8.11. The van der Waals surface area contributed by atoms with Crippen LogP contribution in [0.15, 0.2) is 36.4 Å². The van der Waals surface area contributed by atoms with Gasteiger partial charge in [-0.1, -0.05) is 25.1 Å². The predicted molar refractivity (Wildman–Crippen MR) is 120 cm³/mol. The maximum atomic E-state index is 12.5. The van der Waals surface area contributed by atoms with Gasteiger partial charge in [0, 0.05) is 19.0 Å². The van der Waals surface area contributed by atoms with Gasteiger partial charge in [0.15, 0.2) is 0 Å². The van der Waals surface area contributed by atoms with Crippen LogP contribution in [0.5, 0.6) is 5.75 Å². The first-order chi connectivity index (χ1) is 15.2. The molecule has 2 unspecified atom stereocenters. The summed E-state index contributed by atoms with van der Waals surface area (Å²) in [7, 11) is 1.65. The SMILES string of the molecule is CCC(CCC(F)(F)F)NC(=O)NC(C)c1cccc(-c2cc3c(c(OC)c2)NCC3)c1. The zero-order chi connectivity index (χ0) is 23.3. The third kappa shape index (κ3) is 6.08. The molecule has 0 saturated carbocycles. The molecule has 1 aliphatic rings. The fourth-order valence-corrected chi connectivity index (χ4v) is 3.93. The van der Waals surface area contributed by atoms with Crippen LogP contribution in [0, 0.1) is 0 Å². The molecular weight excluding hydrogens is 419 g/mol. The number of methoxy groups -OCH3 is 1. The van der Waals surface area contributed by atoms with E-state index in [1.54, 1.807) is 14.0 Å². The number of fused-ring (bicyclic) bond motifs is 1. The van der Waals surface area contributed by atoms with Crippen molar-refractivity contribution in [1.29, 1.82) is 0 Å². The Balaban J connectivity index is 1.68. The molecule has 2 aromatic rings. The van der Waals surface area contributed by atoms with Gasteiger partial charge in [-0.05, 0) is 66.6 Å². The number of rotatable bonds is 8. The first-order valence-corrected chi connectivity index (χ1v) is 10.9. The van der Waals surface area contributed by atoms with Gasteiger partial charge in [0.05, 0.1) is 18.8 Å². The largest absolute Gasteiger partial charge is 0.495 e. The summed E-state index contributed by atoms with van der Waals surface area (Å²) < 4.78 is 43.0. The highest BCUT2D eigenvalue weighted by atomic mass is 19.4. The Morgan fingerprint density at radius 1 is 1.19 bits per heavy atom. The first-order valence-electron chi connectivity index (χ1n) is 10.9. The van der Waals surface area contributed by atoms with E-state index in [0.717, 1.165) is 41.1 Å². The smallest absolute Gasteiger partial charge is 0.389 e. The van der Waals surface area contributed by atoms with Crippen LogP contribution in [-0.2, 0) is 6.42 Å². The molecule has 0 radical (unpaired) electrons. The van der Waals surface area contributed by atoms with Crippen LogP contribution in [0.1, 0.15) is 50.3 Å². The van der Waals surface area contributed by atoms with Crippen molar-refractivity contribution in [2.75, 3.05) is 19.0 Å². The fourth-order valence-electron chi connectivity index (χ4n) is 3.93. The minimum absolute atomic E-state index is 0.133. The molecule has 0 aliphatic carbocycles. The maximum Gasteiger partial charge on any atom is 0.389 e. The van der Waals surface area contributed by atoms with E-state index in [4.69, 9.17) is 4.74 Å². The van der Waals surface area contributed by atoms with Gasteiger partial charge in [-0.15, -0.1) is 0 Å². The van der Waals surface area contributed by atoms with E-state index in [2.05, 4.69) is 22.0 Å². The predicted octanol–water partition coefficient (Wildman–Crippen LogP) is 5.81. The highest BCUT2D eigenvalue weighted by Crippen LogP contribution is 2.37. The number of anilines is 1. The topological polar surface area (TPSA) is 62.4 Å². The number of alkyl halides is 3. The molecule has 0 aromatic heterocycles. The van der Waals surface area contributed by atoms with Gasteiger partial charge in [0.1, 0.15) is 5.75 Å². The molecular formula is C24H30F3N3O2. The second kappa shape index (κ2) is 10.1. The molecule has 1 heterocycles. The lowest BCUT2D eigenvalue weighted by atomic mass is 9.97. The molecule has 1 aliphatic heterocycles. The average Bonchev–Trinajstić information content (AvgIpc) is 3.24. The lowest BCUT2D eigenvalue weighted by Crippen LogP contribution is -2.43. The zero-order valence-electron chi connectivity index (χ0n) is 18.6. The molecule has 3 N–H and O–H groups in total. The van der Waals surface area contributed by atoms with Crippen molar-refractivity contribution in [2.24, 2.45) is 0 Å². The number of amides is 2. The van der Waals surface area contributed by atoms with Crippen molar-refractivity contribution in [3.05, 3.63) is 47.5 Å². The van der Waals surface area contributed by atoms with Gasteiger partial charge in [-0.2, -0.15) is 13.2 Å². The van der Waals surface area contributed by atoms with E-state index in [1.165, 1.54) is 5.56 Å². The highest BCUT2D eigenvalue weighted by molar-refractivity contribution is 5.77. The first kappa shape index (κ1) is 23.8. The molecule has 8 heteroatoms. The molecule has 0 bridgehead atoms. The zero-order valence-corrected chi connectivity index (χ0v) is 18.6.